The van der Waals surface area contributed by atoms with Crippen LogP contribution in [0, 0.1) is 11.7 Å². The first-order chi connectivity index (χ1) is 13.3. The second-order valence-corrected chi connectivity index (χ2v) is 6.83. The number of phenols is 1. The van der Waals surface area contributed by atoms with E-state index in [-0.39, 0.29) is 5.56 Å². The van der Waals surface area contributed by atoms with Crippen LogP contribution in [0.3, 0.4) is 0 Å². The van der Waals surface area contributed by atoms with Crippen molar-refractivity contribution in [3.8, 4) is 5.75 Å². The van der Waals surface area contributed by atoms with Gasteiger partial charge in [0.25, 0.3) is 0 Å². The summed E-state index contributed by atoms with van der Waals surface area (Å²) in [4.78, 5) is 24.1. The minimum absolute atomic E-state index is 0.283. The Labute approximate surface area is 166 Å². The summed E-state index contributed by atoms with van der Waals surface area (Å²) in [6, 6.07) is 10.7. The maximum absolute atomic E-state index is 13.8. The van der Waals surface area contributed by atoms with Crippen LogP contribution < -0.4 is 5.32 Å². The number of carbonyl (C=O) groups excluding carboxylic acids is 1. The molecule has 148 valence electrons. The van der Waals surface area contributed by atoms with Crippen molar-refractivity contribution in [2.45, 2.75) is 17.9 Å². The summed E-state index contributed by atoms with van der Waals surface area (Å²) in [5, 5.41) is 20.8. The number of carboxylic acid groups (broad SMARTS) is 1. The highest BCUT2D eigenvalue weighted by molar-refractivity contribution is 7.98. The van der Waals surface area contributed by atoms with E-state index in [2.05, 4.69) is 5.32 Å². The number of rotatable bonds is 7. The van der Waals surface area contributed by atoms with Gasteiger partial charge in [-0.3, -0.25) is 5.32 Å². The van der Waals surface area contributed by atoms with Gasteiger partial charge in [-0.25, -0.2) is 14.0 Å². The Kier molecular flexibility index (Phi) is 7.45. The Morgan fingerprint density at radius 1 is 1.21 bits per heavy atom. The number of anilines is 1. The molecular weight excluding hydrogens is 385 g/mol. The van der Waals surface area contributed by atoms with E-state index in [4.69, 9.17) is 9.84 Å². The highest BCUT2D eigenvalue weighted by Gasteiger charge is 2.23. The van der Waals surface area contributed by atoms with Gasteiger partial charge in [0.1, 0.15) is 6.10 Å². The number of amides is 1. The summed E-state index contributed by atoms with van der Waals surface area (Å²) in [6.07, 6.45) is 2.47. The molecule has 0 spiro atoms. The summed E-state index contributed by atoms with van der Waals surface area (Å²) in [7, 11) is 0. The first kappa shape index (κ1) is 21.3. The maximum atomic E-state index is 13.8. The van der Waals surface area contributed by atoms with E-state index < -0.39 is 35.7 Å². The van der Waals surface area contributed by atoms with E-state index in [0.29, 0.717) is 5.69 Å². The number of thioether (sulfide) groups is 1. The summed E-state index contributed by atoms with van der Waals surface area (Å²) in [6.45, 7) is 1.63. The molecule has 0 aliphatic rings. The third-order valence-corrected chi connectivity index (χ3v) is 4.63. The largest absolute Gasteiger partial charge is 0.505 e. The molecule has 0 unspecified atom stereocenters. The van der Waals surface area contributed by atoms with Gasteiger partial charge in [-0.15, -0.1) is 11.8 Å². The van der Waals surface area contributed by atoms with Crippen LogP contribution in [0.1, 0.15) is 18.6 Å². The number of carbonyl (C=O) groups is 2. The summed E-state index contributed by atoms with van der Waals surface area (Å²) >= 11 is 1.56. The van der Waals surface area contributed by atoms with Gasteiger partial charge >= 0.3 is 12.1 Å². The predicted molar refractivity (Wildman–Crippen MR) is 105 cm³/mol. The van der Waals surface area contributed by atoms with Gasteiger partial charge in [0.15, 0.2) is 11.6 Å². The average Bonchev–Trinajstić information content (AvgIpc) is 2.67. The Balaban J connectivity index is 2.20. The van der Waals surface area contributed by atoms with Crippen LogP contribution in [0.15, 0.2) is 59.5 Å². The van der Waals surface area contributed by atoms with E-state index in [1.807, 2.05) is 18.4 Å². The zero-order chi connectivity index (χ0) is 20.7. The molecule has 8 heteroatoms. The number of nitrogens with one attached hydrogen (secondary N) is 1. The molecule has 28 heavy (non-hydrogen) atoms. The molecule has 0 aliphatic heterocycles. The fraction of sp³-hybridized carbons (Fsp3) is 0.200. The Morgan fingerprint density at radius 3 is 2.46 bits per heavy atom. The van der Waals surface area contributed by atoms with Gasteiger partial charge in [-0.05, 0) is 48.2 Å². The summed E-state index contributed by atoms with van der Waals surface area (Å²) in [5.41, 5.74) is 0.804. The van der Waals surface area contributed by atoms with Crippen molar-refractivity contribution in [3.05, 3.63) is 66.0 Å². The molecule has 1 amide bonds. The smallest absolute Gasteiger partial charge is 0.412 e. The normalized spacial score (nSPS) is 13.1. The van der Waals surface area contributed by atoms with Crippen molar-refractivity contribution in [2.24, 2.45) is 5.92 Å². The number of ether oxygens (including phenoxy) is 1. The molecule has 0 saturated carbocycles. The molecule has 2 rings (SSSR count). The van der Waals surface area contributed by atoms with Crippen LogP contribution in [0.25, 0.3) is 0 Å². The highest BCUT2D eigenvalue weighted by Crippen LogP contribution is 2.30. The van der Waals surface area contributed by atoms with Gasteiger partial charge in [0.2, 0.25) is 0 Å². The number of aromatic hydroxyl groups is 1. The van der Waals surface area contributed by atoms with Crippen molar-refractivity contribution in [1.29, 1.82) is 0 Å². The topological polar surface area (TPSA) is 95.9 Å². The third-order valence-electron chi connectivity index (χ3n) is 3.89. The fourth-order valence-electron chi connectivity index (χ4n) is 2.45. The summed E-state index contributed by atoms with van der Waals surface area (Å²) in [5.74, 6) is -3.12. The molecule has 0 fully saturated rings. The average molecular weight is 405 g/mol. The van der Waals surface area contributed by atoms with Crippen LogP contribution in [-0.2, 0) is 9.53 Å². The molecule has 0 heterocycles. The lowest BCUT2D eigenvalue weighted by Gasteiger charge is -2.23. The summed E-state index contributed by atoms with van der Waals surface area (Å²) < 4.78 is 19.2. The molecule has 2 aromatic carbocycles. The van der Waals surface area contributed by atoms with Gasteiger partial charge in [-0.2, -0.15) is 0 Å². The Hall–Kier alpha value is -3.00. The number of phenolic OH excluding ortho intramolecular Hbond substituents is 1. The Morgan fingerprint density at radius 2 is 1.89 bits per heavy atom. The lowest BCUT2D eigenvalue weighted by atomic mass is 9.96. The number of halogens is 1. The fourth-order valence-corrected chi connectivity index (χ4v) is 2.86. The number of hydrogen-bond donors (Lipinski definition) is 3. The van der Waals surface area contributed by atoms with E-state index in [1.165, 1.54) is 12.1 Å². The molecule has 0 radical (unpaired) electrons. The second kappa shape index (κ2) is 9.80. The molecule has 0 saturated heterocycles. The zero-order valence-electron chi connectivity index (χ0n) is 15.3. The minimum Gasteiger partial charge on any atom is -0.505 e. The van der Waals surface area contributed by atoms with Crippen molar-refractivity contribution in [3.63, 3.8) is 0 Å². The number of aliphatic carboxylic acids is 1. The lowest BCUT2D eigenvalue weighted by Crippen LogP contribution is -2.21. The first-order valence-corrected chi connectivity index (χ1v) is 9.54. The van der Waals surface area contributed by atoms with Gasteiger partial charge in [-0.1, -0.05) is 19.1 Å². The maximum Gasteiger partial charge on any atom is 0.412 e. The SMILES string of the molecule is CSc1ccc(NC(=O)O[C@H](c2ccc(O)c(F)c2)[C@@H](C)/C=C/C(=O)O)cc1. The van der Waals surface area contributed by atoms with Gasteiger partial charge in [0, 0.05) is 22.6 Å². The molecule has 0 aromatic heterocycles. The Bertz CT molecular complexity index is 869. The van der Waals surface area contributed by atoms with E-state index in [0.717, 1.165) is 23.1 Å². The van der Waals surface area contributed by atoms with Crippen molar-refractivity contribution >= 4 is 29.5 Å². The van der Waals surface area contributed by atoms with Gasteiger partial charge in [0.05, 0.1) is 0 Å². The van der Waals surface area contributed by atoms with Crippen molar-refractivity contribution in [1.82, 2.24) is 0 Å². The highest BCUT2D eigenvalue weighted by atomic mass is 32.2. The number of benzene rings is 2. The lowest BCUT2D eigenvalue weighted by molar-refractivity contribution is -0.131. The van der Waals surface area contributed by atoms with Crippen LogP contribution in [0.4, 0.5) is 14.9 Å². The molecule has 3 N–H and O–H groups in total. The predicted octanol–water partition coefficient (Wildman–Crippen LogP) is 4.82. The van der Waals surface area contributed by atoms with Crippen molar-refractivity contribution in [2.75, 3.05) is 11.6 Å². The van der Waals surface area contributed by atoms with Crippen LogP contribution in [0.2, 0.25) is 0 Å². The molecule has 2 aromatic rings. The van der Waals surface area contributed by atoms with Gasteiger partial charge < -0.3 is 14.9 Å². The van der Waals surface area contributed by atoms with E-state index >= 15 is 0 Å². The molecule has 2 atom stereocenters. The van der Waals surface area contributed by atoms with E-state index in [9.17, 15) is 19.1 Å². The number of carboxylic acids is 1. The van der Waals surface area contributed by atoms with Crippen LogP contribution in [0.5, 0.6) is 5.75 Å². The third kappa shape index (κ3) is 6.02. The number of hydrogen-bond acceptors (Lipinski definition) is 5. The second-order valence-electron chi connectivity index (χ2n) is 5.95. The molecule has 6 nitrogen and oxygen atoms in total. The quantitative estimate of drug-likeness (QED) is 0.451. The molecule has 0 bridgehead atoms. The molecular formula is C20H20FNO5S. The molecule has 0 aliphatic carbocycles. The first-order valence-electron chi connectivity index (χ1n) is 8.31. The minimum atomic E-state index is -1.15. The zero-order valence-corrected chi connectivity index (χ0v) is 16.1. The monoisotopic (exact) mass is 405 g/mol. The standard InChI is InChI=1S/C20H20FNO5S/c1-12(3-10-18(24)25)19(13-4-9-17(23)16(21)11-13)27-20(26)22-14-5-7-15(28-2)8-6-14/h3-12,19,23H,1-2H3,(H,22,26)(H,24,25)/b10-3+/t12-,19-/m0/s1. The van der Waals surface area contributed by atoms with Crippen LogP contribution in [-0.4, -0.2) is 28.5 Å². The van der Waals surface area contributed by atoms with Crippen LogP contribution >= 0.6 is 11.8 Å². The van der Waals surface area contributed by atoms with Crippen molar-refractivity contribution < 1.29 is 28.9 Å². The van der Waals surface area contributed by atoms with E-state index in [1.54, 1.807) is 30.8 Å².